The molecule has 0 radical (unpaired) electrons. The molecule has 6 amide bonds. The number of carbonyl (C=O) groups is 6. The highest BCUT2D eigenvalue weighted by Crippen LogP contribution is 2.40. The second-order valence-corrected chi connectivity index (χ2v) is 21.0. The van der Waals surface area contributed by atoms with E-state index in [0.717, 1.165) is 22.3 Å². The molecule has 2 heterocycles. The van der Waals surface area contributed by atoms with Crippen molar-refractivity contribution in [2.75, 3.05) is 13.1 Å². The van der Waals surface area contributed by atoms with E-state index < -0.39 is 74.1 Å². The van der Waals surface area contributed by atoms with Crippen LogP contribution in [0.5, 0.6) is 0 Å². The van der Waals surface area contributed by atoms with Crippen molar-refractivity contribution in [2.24, 2.45) is 0 Å². The Morgan fingerprint density at radius 3 is 1.17 bits per heavy atom. The summed E-state index contributed by atoms with van der Waals surface area (Å²) in [6.07, 6.45) is -1.03. The third kappa shape index (κ3) is 14.1. The highest BCUT2D eigenvalue weighted by atomic mass is 32.2. The van der Waals surface area contributed by atoms with Crippen LogP contribution in [0.4, 0.5) is 0 Å². The van der Waals surface area contributed by atoms with Crippen LogP contribution in [0.15, 0.2) is 121 Å². The number of hydrogen-bond acceptors (Lipinski definition) is 11. The first kappa shape index (κ1) is 49.7. The maximum atomic E-state index is 13.7. The minimum atomic E-state index is -1.17. The lowest BCUT2D eigenvalue weighted by atomic mass is 10.0. The fourth-order valence-corrected chi connectivity index (χ4v) is 10.8. The van der Waals surface area contributed by atoms with Crippen molar-refractivity contribution >= 4 is 59.0 Å². The van der Waals surface area contributed by atoms with E-state index in [-0.39, 0.29) is 50.8 Å². The van der Waals surface area contributed by atoms with Gasteiger partial charge in [0, 0.05) is 35.7 Å². The molecular weight excluding hydrogens is 877 g/mol. The van der Waals surface area contributed by atoms with Gasteiger partial charge in [-0.25, -0.2) is 0 Å². The van der Waals surface area contributed by atoms with Crippen molar-refractivity contribution < 1.29 is 33.9 Å². The van der Waals surface area contributed by atoms with Gasteiger partial charge in [-0.2, -0.15) is 0 Å². The summed E-state index contributed by atoms with van der Waals surface area (Å²) in [6, 6.07) is 33.5. The Morgan fingerprint density at radius 2 is 0.833 bits per heavy atom. The van der Waals surface area contributed by atoms with E-state index in [4.69, 9.17) is 0 Å². The number of carbonyl (C=O) groups excluding carboxylic acids is 6. The minimum absolute atomic E-state index is 0.0659. The van der Waals surface area contributed by atoms with Crippen molar-refractivity contribution in [2.45, 2.75) is 104 Å². The summed E-state index contributed by atoms with van der Waals surface area (Å²) < 4.78 is -1.47. The number of amides is 6. The van der Waals surface area contributed by atoms with Gasteiger partial charge in [0.1, 0.15) is 24.2 Å². The first-order valence-electron chi connectivity index (χ1n) is 22.0. The van der Waals surface area contributed by atoms with E-state index in [2.05, 4.69) is 42.5 Å². The van der Waals surface area contributed by atoms with Gasteiger partial charge in [-0.1, -0.05) is 121 Å². The zero-order chi connectivity index (χ0) is 47.3. The SMILES string of the molecule is CC1(C)S[C@H]([C@H](NC(=O)Cc2ccccc2)C(=O)NCc2ccccc2)N[C@H]1C(=O)NCC(O)CNC(=O)[C@@H]1N[C@@H]([C@H](NC(=O)Cc2ccccc2)C(=O)NCc2ccccc2)SC1(C)C. The average molecular weight is 937 g/mol. The summed E-state index contributed by atoms with van der Waals surface area (Å²) in [4.78, 5) is 81.5. The zero-order valence-corrected chi connectivity index (χ0v) is 39.2. The van der Waals surface area contributed by atoms with E-state index in [1.54, 1.807) is 0 Å². The Morgan fingerprint density at radius 1 is 0.515 bits per heavy atom. The second kappa shape index (κ2) is 23.1. The second-order valence-electron chi connectivity index (χ2n) is 17.4. The van der Waals surface area contributed by atoms with Crippen LogP contribution >= 0.6 is 23.5 Å². The van der Waals surface area contributed by atoms with Crippen LogP contribution < -0.4 is 42.5 Å². The number of aliphatic hydroxyl groups excluding tert-OH is 1. The molecule has 0 aromatic heterocycles. The molecule has 6 atom stereocenters. The molecule has 66 heavy (non-hydrogen) atoms. The van der Waals surface area contributed by atoms with E-state index in [1.165, 1.54) is 23.5 Å². The molecule has 0 aliphatic carbocycles. The van der Waals surface area contributed by atoms with Crippen LogP contribution in [0.2, 0.25) is 0 Å². The first-order valence-corrected chi connectivity index (χ1v) is 23.7. The van der Waals surface area contributed by atoms with Crippen LogP contribution in [0.25, 0.3) is 0 Å². The van der Waals surface area contributed by atoms with Crippen molar-refractivity contribution in [3.63, 3.8) is 0 Å². The minimum Gasteiger partial charge on any atom is -0.389 e. The third-order valence-electron chi connectivity index (χ3n) is 11.3. The van der Waals surface area contributed by atoms with E-state index in [9.17, 15) is 33.9 Å². The fraction of sp³-hybridized carbons (Fsp3) is 0.388. The standard InChI is InChI=1S/C49H60N8O7S2/c1-48(2)40(56-46(65-48)38(42(61)50-27-33-21-13-7-14-22-33)54-36(59)25-31-17-9-5-10-18-31)44(63)52-29-35(58)30-53-45(64)41-49(3,4)66-47(57-41)39(43(62)51-28-34-23-15-8-16-24-34)55-37(60)26-32-19-11-6-12-20-32/h5-24,35,38-41,46-47,56-58H,25-30H2,1-4H3,(H,50,61)(H,51,62)(H,52,63)(H,53,64)(H,54,59)(H,55,60)/t38-,39-,40+,41+,46-,47-/m1/s1. The summed E-state index contributed by atoms with van der Waals surface area (Å²) in [6.45, 7) is 7.58. The van der Waals surface area contributed by atoms with Gasteiger partial charge in [-0.05, 0) is 49.9 Å². The van der Waals surface area contributed by atoms with E-state index in [0.29, 0.717) is 0 Å². The molecule has 9 N–H and O–H groups in total. The molecule has 0 bridgehead atoms. The van der Waals surface area contributed by atoms with Gasteiger partial charge < -0.3 is 37.0 Å². The monoisotopic (exact) mass is 936 g/mol. The maximum absolute atomic E-state index is 13.7. The van der Waals surface area contributed by atoms with Crippen LogP contribution in [-0.2, 0) is 54.7 Å². The molecular formula is C49H60N8O7S2. The Bertz CT molecular complexity index is 2120. The Hall–Kier alpha value is -5.72. The van der Waals surface area contributed by atoms with Gasteiger partial charge in [0.15, 0.2) is 0 Å². The molecule has 4 aromatic carbocycles. The maximum Gasteiger partial charge on any atom is 0.245 e. The summed E-state index contributed by atoms with van der Waals surface area (Å²) >= 11 is 2.71. The Kier molecular flexibility index (Phi) is 17.4. The van der Waals surface area contributed by atoms with Crippen LogP contribution in [-0.4, -0.2) is 104 Å². The number of hydrogen-bond donors (Lipinski definition) is 9. The normalized spacial score (nSPS) is 20.3. The van der Waals surface area contributed by atoms with Crippen molar-refractivity contribution in [3.8, 4) is 0 Å². The molecule has 2 saturated heterocycles. The van der Waals surface area contributed by atoms with Gasteiger partial charge in [0.25, 0.3) is 0 Å². The molecule has 6 rings (SSSR count). The van der Waals surface area contributed by atoms with Crippen LogP contribution in [0, 0.1) is 0 Å². The lowest BCUT2D eigenvalue weighted by Crippen LogP contribution is -2.59. The summed E-state index contributed by atoms with van der Waals surface area (Å²) in [5, 5.41) is 33.4. The quantitative estimate of drug-likeness (QED) is 0.0627. The van der Waals surface area contributed by atoms with Gasteiger partial charge >= 0.3 is 0 Å². The van der Waals surface area contributed by atoms with Gasteiger partial charge in [0.2, 0.25) is 35.4 Å². The van der Waals surface area contributed by atoms with Gasteiger partial charge in [-0.15, -0.1) is 23.5 Å². The van der Waals surface area contributed by atoms with Gasteiger partial charge in [0.05, 0.1) is 29.7 Å². The third-order valence-corrected chi connectivity index (χ3v) is 14.3. The van der Waals surface area contributed by atoms with Crippen LogP contribution in [0.3, 0.4) is 0 Å². The average Bonchev–Trinajstić information content (AvgIpc) is 3.81. The molecule has 2 fully saturated rings. The smallest absolute Gasteiger partial charge is 0.245 e. The highest BCUT2D eigenvalue weighted by molar-refractivity contribution is 8.01. The molecule has 0 spiro atoms. The molecule has 17 heteroatoms. The van der Waals surface area contributed by atoms with Crippen molar-refractivity contribution in [1.29, 1.82) is 0 Å². The molecule has 0 saturated carbocycles. The van der Waals surface area contributed by atoms with Crippen LogP contribution in [0.1, 0.15) is 49.9 Å². The van der Waals surface area contributed by atoms with Crippen molar-refractivity contribution in [1.82, 2.24) is 42.5 Å². The Balaban J connectivity index is 1.03. The first-order chi connectivity index (χ1) is 31.6. The number of nitrogens with one attached hydrogen (secondary N) is 8. The van der Waals surface area contributed by atoms with Gasteiger partial charge in [-0.3, -0.25) is 39.4 Å². The number of thioether (sulfide) groups is 2. The zero-order valence-electron chi connectivity index (χ0n) is 37.5. The fourth-order valence-electron chi connectivity index (χ4n) is 7.77. The Labute approximate surface area is 394 Å². The lowest BCUT2D eigenvalue weighted by molar-refractivity contribution is -0.129. The summed E-state index contributed by atoms with van der Waals surface area (Å²) in [5.74, 6) is -2.37. The van der Waals surface area contributed by atoms with E-state index in [1.807, 2.05) is 149 Å². The molecule has 0 unspecified atom stereocenters. The van der Waals surface area contributed by atoms with Crippen molar-refractivity contribution in [3.05, 3.63) is 144 Å². The predicted molar refractivity (Wildman–Crippen MR) is 258 cm³/mol. The largest absolute Gasteiger partial charge is 0.389 e. The number of aliphatic hydroxyl groups is 1. The summed E-state index contributed by atoms with van der Waals surface area (Å²) in [7, 11) is 0. The number of benzene rings is 4. The molecule has 2 aliphatic rings. The number of rotatable bonds is 20. The molecule has 2 aliphatic heterocycles. The lowest BCUT2D eigenvalue weighted by Gasteiger charge is -2.26. The molecule has 4 aromatic rings. The predicted octanol–water partition coefficient (Wildman–Crippen LogP) is 2.29. The topological polar surface area (TPSA) is 219 Å². The van der Waals surface area contributed by atoms with E-state index >= 15 is 0 Å². The summed E-state index contributed by atoms with van der Waals surface area (Å²) in [5.41, 5.74) is 3.35. The highest BCUT2D eigenvalue weighted by Gasteiger charge is 2.50. The molecule has 350 valence electrons. The molecule has 15 nitrogen and oxygen atoms in total.